The zero-order valence-corrected chi connectivity index (χ0v) is 37.3. The molecule has 0 bridgehead atoms. The third-order valence-corrected chi connectivity index (χ3v) is 35.9. The first-order valence-corrected chi connectivity index (χ1v) is 28.9. The molecule has 0 aromatic heterocycles. The number of carboxylic acid groups (broad SMARTS) is 1. The van der Waals surface area contributed by atoms with E-state index >= 15 is 0 Å². The van der Waals surface area contributed by atoms with Crippen LogP contribution >= 0.6 is 0 Å². The quantitative estimate of drug-likeness (QED) is 0.0505. The van der Waals surface area contributed by atoms with Gasteiger partial charge in [0.2, 0.25) is 0 Å². The first kappa shape index (κ1) is 46.3. The minimum absolute atomic E-state index is 0.0717. The van der Waals surface area contributed by atoms with Crippen molar-refractivity contribution >= 4 is 24.5 Å². The van der Waals surface area contributed by atoms with E-state index in [4.69, 9.17) is 0 Å². The number of carbonyl (C=O) groups is 1. The fourth-order valence-corrected chi connectivity index (χ4v) is 31.4. The van der Waals surface area contributed by atoms with Gasteiger partial charge in [-0.05, 0) is 0 Å². The van der Waals surface area contributed by atoms with Gasteiger partial charge in [0, 0.05) is 0 Å². The Bertz CT molecular complexity index is 1460. The predicted molar refractivity (Wildman–Crippen MR) is 236 cm³/mol. The average Bonchev–Trinajstić information content (AvgIpc) is 3.18. The Morgan fingerprint density at radius 3 is 1.30 bits per heavy atom. The Balaban J connectivity index is 2.33. The van der Waals surface area contributed by atoms with Crippen molar-refractivity contribution in [2.24, 2.45) is 0 Å². The van der Waals surface area contributed by atoms with E-state index in [0.29, 0.717) is 0 Å². The molecule has 3 aromatic rings. The van der Waals surface area contributed by atoms with Gasteiger partial charge in [0.05, 0.1) is 0 Å². The van der Waals surface area contributed by atoms with Crippen LogP contribution in [0.2, 0.25) is 18.4 Å². The number of aromatic hydroxyl groups is 1. The van der Waals surface area contributed by atoms with Crippen molar-refractivity contribution in [2.75, 3.05) is 0 Å². The van der Waals surface area contributed by atoms with Gasteiger partial charge in [-0.25, -0.2) is 0 Å². The number of phenols is 1. The molecule has 0 aliphatic rings. The third kappa shape index (κ3) is 10.6. The summed E-state index contributed by atoms with van der Waals surface area (Å²) < 4.78 is 6.09. The number of aromatic carboxylic acids is 1. The Morgan fingerprint density at radius 2 is 0.907 bits per heavy atom. The number of fused-ring (bicyclic) bond motifs is 1. The molecule has 0 saturated carbocycles. The third-order valence-electron chi connectivity index (χ3n) is 14.9. The van der Waals surface area contributed by atoms with Crippen molar-refractivity contribution in [3.8, 4) is 5.75 Å². The summed E-state index contributed by atoms with van der Waals surface area (Å²) in [5.74, 6) is -0.952. The van der Waals surface area contributed by atoms with Gasteiger partial charge in [0.1, 0.15) is 0 Å². The molecule has 3 nitrogen and oxygen atoms in total. The number of unbranched alkanes of at least 4 members (excludes halogenated alkanes) is 21. The summed E-state index contributed by atoms with van der Waals surface area (Å²) in [5, 5.41) is 25.7. The molecular formula is C50H82O3Ti. The molecule has 304 valence electrons. The molecule has 0 unspecified atom stereocenters. The number of hydrogen-bond acceptors (Lipinski definition) is 2. The van der Waals surface area contributed by atoms with E-state index in [9.17, 15) is 15.0 Å². The Labute approximate surface area is 330 Å². The van der Waals surface area contributed by atoms with Crippen LogP contribution in [0.15, 0.2) is 60.7 Å². The molecule has 0 heterocycles. The van der Waals surface area contributed by atoms with Gasteiger partial charge >= 0.3 is 333 Å². The standard InChI is InChI=1S/C11H7O3.3C10H21.C6H5.C3H7.Ti/c12-10-6-8-4-2-1-3-7(8)5-9(10)11(13)14;3*1-3-5-7-9-10-8-6-4-2;1-2-4-6-5-3-1;1-3-2;/h1-5,12H,(H,13,14);3*1,3-10H2,2H3;1-5H;3H,1-2H3;. The van der Waals surface area contributed by atoms with Crippen LogP contribution < -0.4 is 7.74 Å². The molecule has 0 atom stereocenters. The van der Waals surface area contributed by atoms with Gasteiger partial charge in [-0.2, -0.15) is 0 Å². The zero-order valence-electron chi connectivity index (χ0n) is 35.7. The van der Waals surface area contributed by atoms with Crippen LogP contribution in [0.3, 0.4) is 0 Å². The zero-order chi connectivity index (χ0) is 39.2. The van der Waals surface area contributed by atoms with Gasteiger partial charge in [0.15, 0.2) is 0 Å². The Morgan fingerprint density at radius 1 is 0.537 bits per heavy atom. The molecule has 3 aromatic carbocycles. The van der Waals surface area contributed by atoms with Crippen molar-refractivity contribution in [1.82, 2.24) is 0 Å². The Kier molecular flexibility index (Phi) is 19.9. The van der Waals surface area contributed by atoms with Crippen molar-refractivity contribution < 1.29 is 29.0 Å². The van der Waals surface area contributed by atoms with Gasteiger partial charge in [0.25, 0.3) is 0 Å². The summed E-state index contributed by atoms with van der Waals surface area (Å²) in [6.07, 6.45) is 30.3. The SMILES string of the molecule is CCCCCCCCC[CH2][Ti]([CH2]CCCCCCCCC)([CH2]CCCCCCCCC)([c]1ccccc1)([c]1c(O)c(C(=O)O)cc2ccccc12)[CH](C)C. The summed E-state index contributed by atoms with van der Waals surface area (Å²) in [5.41, 5.74) is 0.0804. The molecule has 0 radical (unpaired) electrons. The maximum atomic E-state index is 13.1. The second-order valence-corrected chi connectivity index (χ2v) is 32.9. The summed E-state index contributed by atoms with van der Waals surface area (Å²) in [4.78, 5) is 13.1. The first-order valence-electron chi connectivity index (χ1n) is 23.1. The van der Waals surface area contributed by atoms with Gasteiger partial charge < -0.3 is 0 Å². The molecule has 0 aliphatic heterocycles. The number of benzene rings is 3. The predicted octanol–water partition coefficient (Wildman–Crippen LogP) is 15.9. The normalized spacial score (nSPS) is 13.4. The van der Waals surface area contributed by atoms with E-state index in [1.807, 2.05) is 6.07 Å². The molecule has 3 rings (SSSR count). The number of hydrogen-bond donors (Lipinski definition) is 2. The summed E-state index contributed by atoms with van der Waals surface area (Å²) in [6.45, 7) is 11.9. The van der Waals surface area contributed by atoms with Crippen LogP contribution in [-0.4, -0.2) is 16.2 Å². The van der Waals surface area contributed by atoms with Crippen LogP contribution in [0.1, 0.15) is 199 Å². The Hall–Kier alpha value is -2.10. The molecule has 0 aliphatic carbocycles. The average molecular weight is 779 g/mol. The van der Waals surface area contributed by atoms with Gasteiger partial charge in [-0.3, -0.25) is 0 Å². The van der Waals surface area contributed by atoms with Crippen molar-refractivity contribution in [3.05, 3.63) is 66.2 Å². The molecule has 2 N–H and O–H groups in total. The van der Waals surface area contributed by atoms with Crippen LogP contribution in [0.4, 0.5) is 0 Å². The summed E-state index contributed by atoms with van der Waals surface area (Å²) >= 11 is -5.13. The van der Waals surface area contributed by atoms with Crippen LogP contribution in [-0.2, 0) is 14.0 Å². The topological polar surface area (TPSA) is 57.5 Å². The second kappa shape index (κ2) is 23.2. The molecule has 0 fully saturated rings. The molecular weight excluding hydrogens is 696 g/mol. The molecule has 0 amide bonds. The van der Waals surface area contributed by atoms with Crippen LogP contribution in [0.25, 0.3) is 10.8 Å². The van der Waals surface area contributed by atoms with Crippen LogP contribution in [0.5, 0.6) is 5.75 Å². The molecule has 54 heavy (non-hydrogen) atoms. The summed E-state index contributed by atoms with van der Waals surface area (Å²) in [7, 11) is 0. The van der Waals surface area contributed by atoms with E-state index in [1.165, 1.54) is 139 Å². The van der Waals surface area contributed by atoms with Crippen LogP contribution in [0, 0.1) is 0 Å². The van der Waals surface area contributed by atoms with E-state index in [0.717, 1.165) is 48.1 Å². The van der Waals surface area contributed by atoms with Gasteiger partial charge in [-0.1, -0.05) is 0 Å². The minimum atomic E-state index is -5.13. The summed E-state index contributed by atoms with van der Waals surface area (Å²) in [6, 6.07) is 21.7. The van der Waals surface area contributed by atoms with Crippen molar-refractivity contribution in [2.45, 2.75) is 207 Å². The monoisotopic (exact) mass is 779 g/mol. The first-order chi connectivity index (χ1) is 26.2. The van der Waals surface area contributed by atoms with E-state index in [-0.39, 0.29) is 15.5 Å². The maximum absolute atomic E-state index is 13.1. The number of rotatable bonds is 31. The molecule has 0 saturated heterocycles. The molecule has 0 spiro atoms. The van der Waals surface area contributed by atoms with E-state index in [1.54, 1.807) is 6.07 Å². The fraction of sp³-hybridized carbons (Fsp3) is 0.660. The second-order valence-electron chi connectivity index (χ2n) is 18.2. The number of carboxylic acids is 1. The molecule has 4 heteroatoms. The van der Waals surface area contributed by atoms with Crippen molar-refractivity contribution in [3.63, 3.8) is 0 Å². The van der Waals surface area contributed by atoms with Gasteiger partial charge in [-0.15, -0.1) is 0 Å². The fourth-order valence-electron chi connectivity index (χ4n) is 11.5. The van der Waals surface area contributed by atoms with Crippen molar-refractivity contribution in [1.29, 1.82) is 0 Å². The van der Waals surface area contributed by atoms with E-state index in [2.05, 4.69) is 83.1 Å². The van der Waals surface area contributed by atoms with E-state index < -0.39 is 20.0 Å².